The van der Waals surface area contributed by atoms with E-state index in [1.54, 1.807) is 12.1 Å². The van der Waals surface area contributed by atoms with Crippen molar-refractivity contribution < 1.29 is 23.1 Å². The van der Waals surface area contributed by atoms with Gasteiger partial charge in [0.15, 0.2) is 0 Å². The molecular formula is C21H15F2N3O3. The summed E-state index contributed by atoms with van der Waals surface area (Å²) in [7, 11) is 0. The molecule has 0 fully saturated rings. The zero-order chi connectivity index (χ0) is 20.4. The zero-order valence-electron chi connectivity index (χ0n) is 15.0. The molecular weight excluding hydrogens is 380 g/mol. The second-order valence-electron chi connectivity index (χ2n) is 6.41. The van der Waals surface area contributed by atoms with Crippen LogP contribution in [0.4, 0.5) is 20.2 Å². The normalized spacial score (nSPS) is 12.7. The number of hydrogen-bond donors (Lipinski definition) is 2. The molecule has 6 nitrogen and oxygen atoms in total. The monoisotopic (exact) mass is 395 g/mol. The van der Waals surface area contributed by atoms with Crippen molar-refractivity contribution in [3.05, 3.63) is 77.5 Å². The highest BCUT2D eigenvalue weighted by Crippen LogP contribution is 2.29. The summed E-state index contributed by atoms with van der Waals surface area (Å²) in [6.45, 7) is 0. The Morgan fingerprint density at radius 1 is 1.07 bits per heavy atom. The van der Waals surface area contributed by atoms with Crippen molar-refractivity contribution in [2.75, 3.05) is 10.6 Å². The molecule has 1 aliphatic heterocycles. The fraction of sp³-hybridized carbons (Fsp3) is 0.0952. The highest BCUT2D eigenvalue weighted by molar-refractivity contribution is 6.04. The van der Waals surface area contributed by atoms with Gasteiger partial charge in [0.1, 0.15) is 22.9 Å². The molecule has 1 aromatic heterocycles. The number of hydrogen-bond acceptors (Lipinski definition) is 4. The molecule has 0 aliphatic carbocycles. The molecule has 0 unspecified atom stereocenters. The summed E-state index contributed by atoms with van der Waals surface area (Å²) >= 11 is 0. The molecule has 2 aromatic carbocycles. The number of amides is 2. The fourth-order valence-electron chi connectivity index (χ4n) is 2.96. The van der Waals surface area contributed by atoms with E-state index in [0.29, 0.717) is 24.3 Å². The molecule has 29 heavy (non-hydrogen) atoms. The van der Waals surface area contributed by atoms with Crippen LogP contribution in [0.1, 0.15) is 22.3 Å². The third kappa shape index (κ3) is 4.06. The second-order valence-corrected chi connectivity index (χ2v) is 6.41. The van der Waals surface area contributed by atoms with Gasteiger partial charge in [-0.05, 0) is 36.2 Å². The Bertz CT molecular complexity index is 1080. The van der Waals surface area contributed by atoms with Crippen molar-refractivity contribution in [3.8, 4) is 11.6 Å². The smallest absolute Gasteiger partial charge is 0.261 e. The number of nitrogens with one attached hydrogen (secondary N) is 2. The SMILES string of the molecule is O=C1CCc2ccc(Oc3ccc(NC(=O)c4c(F)cccc4F)cn3)cc2N1. The van der Waals surface area contributed by atoms with Crippen LogP contribution in [0.3, 0.4) is 0 Å². The van der Waals surface area contributed by atoms with Gasteiger partial charge in [-0.3, -0.25) is 9.59 Å². The molecule has 0 saturated heterocycles. The van der Waals surface area contributed by atoms with Crippen LogP contribution in [0, 0.1) is 11.6 Å². The first-order valence-corrected chi connectivity index (χ1v) is 8.81. The van der Waals surface area contributed by atoms with Crippen LogP contribution in [0.15, 0.2) is 54.7 Å². The molecule has 2 N–H and O–H groups in total. The topological polar surface area (TPSA) is 80.3 Å². The molecule has 0 saturated carbocycles. The number of halogens is 2. The van der Waals surface area contributed by atoms with Crippen LogP contribution in [0.2, 0.25) is 0 Å². The van der Waals surface area contributed by atoms with E-state index < -0.39 is 23.1 Å². The van der Waals surface area contributed by atoms with Crippen molar-refractivity contribution in [2.45, 2.75) is 12.8 Å². The van der Waals surface area contributed by atoms with Crippen LogP contribution in [-0.2, 0) is 11.2 Å². The van der Waals surface area contributed by atoms with E-state index in [4.69, 9.17) is 4.74 Å². The number of anilines is 2. The maximum Gasteiger partial charge on any atom is 0.261 e. The minimum absolute atomic E-state index is 0.0424. The van der Waals surface area contributed by atoms with Crippen LogP contribution < -0.4 is 15.4 Å². The maximum absolute atomic E-state index is 13.7. The highest BCUT2D eigenvalue weighted by atomic mass is 19.1. The minimum Gasteiger partial charge on any atom is -0.439 e. The predicted octanol–water partition coefficient (Wildman–Crippen LogP) is 4.29. The first kappa shape index (κ1) is 18.5. The van der Waals surface area contributed by atoms with Gasteiger partial charge in [-0.25, -0.2) is 13.8 Å². The van der Waals surface area contributed by atoms with Gasteiger partial charge >= 0.3 is 0 Å². The molecule has 146 valence electrons. The Labute approximate surface area is 164 Å². The van der Waals surface area contributed by atoms with Crippen molar-refractivity contribution in [1.29, 1.82) is 0 Å². The fourth-order valence-corrected chi connectivity index (χ4v) is 2.96. The van der Waals surface area contributed by atoms with E-state index in [2.05, 4.69) is 15.6 Å². The highest BCUT2D eigenvalue weighted by Gasteiger charge is 2.18. The van der Waals surface area contributed by atoms with Crippen LogP contribution >= 0.6 is 0 Å². The average Bonchev–Trinajstić information content (AvgIpc) is 2.69. The summed E-state index contributed by atoms with van der Waals surface area (Å²) < 4.78 is 33.1. The van der Waals surface area contributed by atoms with Gasteiger partial charge in [0.25, 0.3) is 5.91 Å². The van der Waals surface area contributed by atoms with Crippen LogP contribution in [0.25, 0.3) is 0 Å². The van der Waals surface area contributed by atoms with E-state index in [1.165, 1.54) is 24.4 Å². The van der Waals surface area contributed by atoms with E-state index in [0.717, 1.165) is 17.7 Å². The van der Waals surface area contributed by atoms with Crippen molar-refractivity contribution in [2.24, 2.45) is 0 Å². The molecule has 2 amide bonds. The van der Waals surface area contributed by atoms with Crippen LogP contribution in [0.5, 0.6) is 11.6 Å². The molecule has 0 atom stereocenters. The van der Waals surface area contributed by atoms with Gasteiger partial charge < -0.3 is 15.4 Å². The van der Waals surface area contributed by atoms with Gasteiger partial charge in [0, 0.05) is 24.2 Å². The molecule has 8 heteroatoms. The average molecular weight is 395 g/mol. The summed E-state index contributed by atoms with van der Waals surface area (Å²) in [5, 5.41) is 5.19. The Morgan fingerprint density at radius 3 is 2.59 bits per heavy atom. The second kappa shape index (κ2) is 7.67. The maximum atomic E-state index is 13.7. The zero-order valence-corrected chi connectivity index (χ0v) is 15.0. The van der Waals surface area contributed by atoms with Crippen molar-refractivity contribution in [3.63, 3.8) is 0 Å². The van der Waals surface area contributed by atoms with E-state index in [-0.39, 0.29) is 17.5 Å². The molecule has 4 rings (SSSR count). The van der Waals surface area contributed by atoms with Gasteiger partial charge in [-0.1, -0.05) is 12.1 Å². The summed E-state index contributed by atoms with van der Waals surface area (Å²) in [4.78, 5) is 27.7. The minimum atomic E-state index is -0.949. The summed E-state index contributed by atoms with van der Waals surface area (Å²) in [6.07, 6.45) is 2.45. The Kier molecular flexibility index (Phi) is 4.90. The Hall–Kier alpha value is -3.81. The van der Waals surface area contributed by atoms with Gasteiger partial charge in [-0.2, -0.15) is 0 Å². The lowest BCUT2D eigenvalue weighted by molar-refractivity contribution is -0.116. The van der Waals surface area contributed by atoms with E-state index in [9.17, 15) is 18.4 Å². The Balaban J connectivity index is 1.45. The van der Waals surface area contributed by atoms with Crippen molar-refractivity contribution in [1.82, 2.24) is 4.98 Å². The third-order valence-corrected chi connectivity index (χ3v) is 4.38. The lowest BCUT2D eigenvalue weighted by atomic mass is 10.0. The molecule has 0 spiro atoms. The number of ether oxygens (including phenoxy) is 1. The van der Waals surface area contributed by atoms with E-state index in [1.807, 2.05) is 6.07 Å². The summed E-state index contributed by atoms with van der Waals surface area (Å²) in [5.74, 6) is -2.11. The van der Waals surface area contributed by atoms with Crippen LogP contribution in [-0.4, -0.2) is 16.8 Å². The number of benzene rings is 2. The van der Waals surface area contributed by atoms with Gasteiger partial charge in [0.2, 0.25) is 11.8 Å². The van der Waals surface area contributed by atoms with Gasteiger partial charge in [-0.15, -0.1) is 0 Å². The van der Waals surface area contributed by atoms with Gasteiger partial charge in [0.05, 0.1) is 11.9 Å². The number of carbonyl (C=O) groups is 2. The van der Waals surface area contributed by atoms with Crippen molar-refractivity contribution >= 4 is 23.2 Å². The number of aryl methyl sites for hydroxylation is 1. The Morgan fingerprint density at radius 2 is 1.86 bits per heavy atom. The lowest BCUT2D eigenvalue weighted by Gasteiger charge is -2.17. The number of rotatable bonds is 4. The lowest BCUT2D eigenvalue weighted by Crippen LogP contribution is -2.18. The number of aromatic nitrogens is 1. The molecule has 1 aliphatic rings. The molecule has 2 heterocycles. The van der Waals surface area contributed by atoms with E-state index >= 15 is 0 Å². The molecule has 0 bridgehead atoms. The first-order chi connectivity index (χ1) is 14.0. The summed E-state index contributed by atoms with van der Waals surface area (Å²) in [5.41, 5.74) is 1.32. The number of nitrogens with zero attached hydrogens (tertiary/aromatic N) is 1. The largest absolute Gasteiger partial charge is 0.439 e. The summed E-state index contributed by atoms with van der Waals surface area (Å²) in [6, 6.07) is 11.6. The quantitative estimate of drug-likeness (QED) is 0.691. The molecule has 3 aromatic rings. The first-order valence-electron chi connectivity index (χ1n) is 8.81. The third-order valence-electron chi connectivity index (χ3n) is 4.38. The number of carbonyl (C=O) groups excluding carboxylic acids is 2. The number of pyridine rings is 1. The number of fused-ring (bicyclic) bond motifs is 1. The standard InChI is InChI=1S/C21H15F2N3O3/c22-15-2-1-3-16(23)20(15)21(28)25-13-6-9-19(24-11-13)29-14-7-4-12-5-8-18(27)26-17(12)10-14/h1-4,6-7,9-11H,5,8H2,(H,25,28)(H,26,27). The predicted molar refractivity (Wildman–Crippen MR) is 102 cm³/mol. The molecule has 0 radical (unpaired) electrons.